The normalized spacial score (nSPS) is 10.7. The summed E-state index contributed by atoms with van der Waals surface area (Å²) in [6.07, 6.45) is 3.97. The zero-order valence-corrected chi connectivity index (χ0v) is 15.0. The van der Waals surface area contributed by atoms with E-state index < -0.39 is 20.2 Å². The molecule has 9 heteroatoms. The fourth-order valence-electron chi connectivity index (χ4n) is 1.28. The van der Waals surface area contributed by atoms with Crippen molar-refractivity contribution < 1.29 is 25.9 Å². The van der Waals surface area contributed by atoms with Crippen LogP contribution in [0.15, 0.2) is 59.8 Å². The molecule has 7 nitrogen and oxygen atoms in total. The monoisotopic (exact) mass is 375 g/mol. The Kier molecular flexibility index (Phi) is 10.0. The zero-order valence-electron chi connectivity index (χ0n) is 13.4. The van der Waals surface area contributed by atoms with Crippen molar-refractivity contribution in [1.29, 1.82) is 0 Å². The lowest BCUT2D eigenvalue weighted by Gasteiger charge is -1.95. The first-order valence-electron chi connectivity index (χ1n) is 6.90. The molecule has 0 atom stereocenters. The molecule has 0 aliphatic carbocycles. The van der Waals surface area contributed by atoms with Crippen LogP contribution >= 0.6 is 0 Å². The van der Waals surface area contributed by atoms with Crippen LogP contribution in [-0.4, -0.2) is 36.7 Å². The van der Waals surface area contributed by atoms with Gasteiger partial charge in [-0.3, -0.25) is 14.1 Å². The summed E-state index contributed by atoms with van der Waals surface area (Å²) in [7, 11) is -7.69. The van der Waals surface area contributed by atoms with Gasteiger partial charge < -0.3 is 0 Å². The summed E-state index contributed by atoms with van der Waals surface area (Å²) in [5.41, 5.74) is 0.956. The molecular formula is C15H21NO6S2. The standard InChI is InChI=1S/C7H8O3S.C5H5N.C3H8O3S/c1-6-2-4-7(5-3-6)11(8,9)10;1-2-4-6-5-3-1;1-2-3-7(4,5)6/h2-5H,1H3,(H,8,9,10);1-5H;2-3H2,1H3,(H,4,5,6). The fourth-order valence-corrected chi connectivity index (χ4v) is 2.28. The van der Waals surface area contributed by atoms with Crippen LogP contribution in [0.4, 0.5) is 0 Å². The Morgan fingerprint density at radius 2 is 1.42 bits per heavy atom. The van der Waals surface area contributed by atoms with E-state index >= 15 is 0 Å². The molecule has 134 valence electrons. The van der Waals surface area contributed by atoms with Gasteiger partial charge in [-0.1, -0.05) is 30.7 Å². The summed E-state index contributed by atoms with van der Waals surface area (Å²) >= 11 is 0. The number of hydrogen-bond acceptors (Lipinski definition) is 5. The SMILES string of the molecule is CCCS(=O)(=O)O.Cc1ccc(S(=O)(=O)O)cc1.c1ccncc1. The average molecular weight is 375 g/mol. The van der Waals surface area contributed by atoms with Gasteiger partial charge in [0.2, 0.25) is 0 Å². The average Bonchev–Trinajstić information content (AvgIpc) is 2.48. The van der Waals surface area contributed by atoms with Crippen LogP contribution in [0.1, 0.15) is 18.9 Å². The van der Waals surface area contributed by atoms with Crippen LogP contribution in [0.25, 0.3) is 0 Å². The molecule has 24 heavy (non-hydrogen) atoms. The first kappa shape index (κ1) is 22.2. The quantitative estimate of drug-likeness (QED) is 0.791. The molecule has 0 aliphatic rings. The topological polar surface area (TPSA) is 122 Å². The molecule has 2 N–H and O–H groups in total. The van der Waals surface area contributed by atoms with Crippen LogP contribution in [0, 0.1) is 6.92 Å². The largest absolute Gasteiger partial charge is 0.294 e. The fraction of sp³-hybridized carbons (Fsp3) is 0.267. The Balaban J connectivity index is 0.000000352. The summed E-state index contributed by atoms with van der Waals surface area (Å²) in [6, 6.07) is 11.7. The molecular weight excluding hydrogens is 354 g/mol. The van der Waals surface area contributed by atoms with Gasteiger partial charge in [-0.2, -0.15) is 16.8 Å². The first-order chi connectivity index (χ1) is 11.1. The maximum absolute atomic E-state index is 10.5. The summed E-state index contributed by atoms with van der Waals surface area (Å²) in [4.78, 5) is 3.72. The minimum atomic E-state index is -4.02. The Bertz CT molecular complexity index is 746. The van der Waals surface area contributed by atoms with Gasteiger partial charge in [-0.25, -0.2) is 0 Å². The highest BCUT2D eigenvalue weighted by molar-refractivity contribution is 7.86. The van der Waals surface area contributed by atoms with Gasteiger partial charge in [-0.15, -0.1) is 0 Å². The van der Waals surface area contributed by atoms with E-state index in [4.69, 9.17) is 9.11 Å². The lowest BCUT2D eigenvalue weighted by Crippen LogP contribution is -2.01. The Morgan fingerprint density at radius 1 is 0.917 bits per heavy atom. The molecule has 0 spiro atoms. The van der Waals surface area contributed by atoms with E-state index in [1.54, 1.807) is 31.5 Å². The molecule has 0 radical (unpaired) electrons. The molecule has 0 saturated heterocycles. The molecule has 0 unspecified atom stereocenters. The third kappa shape index (κ3) is 12.7. The number of benzene rings is 1. The molecule has 0 amide bonds. The highest BCUT2D eigenvalue weighted by Crippen LogP contribution is 2.08. The molecule has 1 aromatic heterocycles. The van der Waals surface area contributed by atoms with E-state index in [1.165, 1.54) is 12.1 Å². The van der Waals surface area contributed by atoms with Crippen LogP contribution in [0.2, 0.25) is 0 Å². The van der Waals surface area contributed by atoms with E-state index in [1.807, 2.05) is 25.1 Å². The van der Waals surface area contributed by atoms with Crippen molar-refractivity contribution in [1.82, 2.24) is 4.98 Å². The van der Waals surface area contributed by atoms with Crippen molar-refractivity contribution in [2.45, 2.75) is 25.2 Å². The van der Waals surface area contributed by atoms with Gasteiger partial charge in [0.05, 0.1) is 10.6 Å². The maximum atomic E-state index is 10.5. The van der Waals surface area contributed by atoms with Crippen molar-refractivity contribution >= 4 is 20.2 Å². The third-order valence-corrected chi connectivity index (χ3v) is 4.14. The van der Waals surface area contributed by atoms with Crippen LogP contribution in [0.3, 0.4) is 0 Å². The molecule has 1 heterocycles. The second-order valence-electron chi connectivity index (χ2n) is 4.60. The first-order valence-corrected chi connectivity index (χ1v) is 9.95. The van der Waals surface area contributed by atoms with Crippen molar-refractivity contribution in [3.63, 3.8) is 0 Å². The van der Waals surface area contributed by atoms with E-state index in [9.17, 15) is 16.8 Å². The van der Waals surface area contributed by atoms with E-state index in [2.05, 4.69) is 4.98 Å². The van der Waals surface area contributed by atoms with Crippen molar-refractivity contribution in [3.8, 4) is 0 Å². The third-order valence-electron chi connectivity index (χ3n) is 2.35. The summed E-state index contributed by atoms with van der Waals surface area (Å²) in [5.74, 6) is -0.132. The lowest BCUT2D eigenvalue weighted by atomic mass is 10.2. The molecule has 0 saturated carbocycles. The van der Waals surface area contributed by atoms with Crippen molar-refractivity contribution in [3.05, 3.63) is 60.4 Å². The van der Waals surface area contributed by atoms with Gasteiger partial charge in [0.1, 0.15) is 0 Å². The Hall–Kier alpha value is -1.81. The number of aryl methyl sites for hydroxylation is 1. The minimum Gasteiger partial charge on any atom is -0.286 e. The van der Waals surface area contributed by atoms with Gasteiger partial charge in [0.15, 0.2) is 0 Å². The van der Waals surface area contributed by atoms with Crippen LogP contribution in [0.5, 0.6) is 0 Å². The van der Waals surface area contributed by atoms with Crippen molar-refractivity contribution in [2.24, 2.45) is 0 Å². The molecule has 2 aromatic rings. The number of nitrogens with zero attached hydrogens (tertiary/aromatic N) is 1. The number of aromatic nitrogens is 1. The molecule has 2 rings (SSSR count). The summed E-state index contributed by atoms with van der Waals surface area (Å²) < 4.78 is 57.1. The lowest BCUT2D eigenvalue weighted by molar-refractivity contribution is 0.480. The molecule has 0 bridgehead atoms. The van der Waals surface area contributed by atoms with Crippen molar-refractivity contribution in [2.75, 3.05) is 5.75 Å². The highest BCUT2D eigenvalue weighted by Gasteiger charge is 2.06. The van der Waals surface area contributed by atoms with E-state index in [-0.39, 0.29) is 10.6 Å². The predicted molar refractivity (Wildman–Crippen MR) is 91.9 cm³/mol. The molecule has 0 fully saturated rings. The Labute approximate surface area is 142 Å². The van der Waals surface area contributed by atoms with Crippen LogP contribution < -0.4 is 0 Å². The second kappa shape index (κ2) is 10.9. The van der Waals surface area contributed by atoms with Crippen LogP contribution in [-0.2, 0) is 20.2 Å². The van der Waals surface area contributed by atoms with Gasteiger partial charge in [0.25, 0.3) is 20.2 Å². The zero-order chi connectivity index (χ0) is 18.6. The molecule has 0 aliphatic heterocycles. The van der Waals surface area contributed by atoms with Gasteiger partial charge >= 0.3 is 0 Å². The van der Waals surface area contributed by atoms with E-state index in [0.29, 0.717) is 6.42 Å². The number of rotatable bonds is 3. The summed E-state index contributed by atoms with van der Waals surface area (Å²) in [5, 5.41) is 0. The predicted octanol–water partition coefficient (Wildman–Crippen LogP) is 2.61. The maximum Gasteiger partial charge on any atom is 0.294 e. The van der Waals surface area contributed by atoms with E-state index in [0.717, 1.165) is 5.56 Å². The van der Waals surface area contributed by atoms with Gasteiger partial charge in [0, 0.05) is 12.4 Å². The summed E-state index contributed by atoms with van der Waals surface area (Å²) in [6.45, 7) is 3.53. The number of pyridine rings is 1. The smallest absolute Gasteiger partial charge is 0.286 e. The number of hydrogen-bond donors (Lipinski definition) is 2. The second-order valence-corrected chi connectivity index (χ2v) is 7.59. The minimum absolute atomic E-state index is 0.0666. The Morgan fingerprint density at radius 3 is 1.62 bits per heavy atom. The molecule has 1 aromatic carbocycles. The highest BCUT2D eigenvalue weighted by atomic mass is 32.2. The van der Waals surface area contributed by atoms with Gasteiger partial charge in [-0.05, 0) is 37.6 Å².